The van der Waals surface area contributed by atoms with Crippen LogP contribution >= 0.6 is 0 Å². The fraction of sp³-hybridized carbons (Fsp3) is 0.667. The van der Waals surface area contributed by atoms with E-state index in [1.807, 2.05) is 13.8 Å². The van der Waals surface area contributed by atoms with Gasteiger partial charge >= 0.3 is 0 Å². The van der Waals surface area contributed by atoms with Crippen LogP contribution in [0.2, 0.25) is 0 Å². The van der Waals surface area contributed by atoms with Crippen molar-refractivity contribution in [2.75, 3.05) is 0 Å². The summed E-state index contributed by atoms with van der Waals surface area (Å²) in [7, 11) is 0. The monoisotopic (exact) mass is 326 g/mol. The maximum Gasteiger partial charge on any atom is 0.243 e. The molecular weight excluding hydrogens is 304 g/mol. The number of hydrogen-bond donors (Lipinski definition) is 0. The highest BCUT2D eigenvalue weighted by Gasteiger charge is 2.87. The molecule has 2 saturated carbocycles. The molecule has 24 heavy (non-hydrogen) atoms. The zero-order valence-corrected chi connectivity index (χ0v) is 14.9. The molecule has 0 amide bonds. The largest absolute Gasteiger partial charge is 0.425 e. The smallest absolute Gasteiger partial charge is 0.243 e. The van der Waals surface area contributed by atoms with Crippen molar-refractivity contribution in [3.8, 4) is 0 Å². The third-order valence-electron chi connectivity index (χ3n) is 6.90. The third-order valence-corrected chi connectivity index (χ3v) is 6.90. The Morgan fingerprint density at radius 2 is 1.58 bits per heavy atom. The summed E-state index contributed by atoms with van der Waals surface area (Å²) in [5.41, 5.74) is 1.37. The third kappa shape index (κ3) is 1.36. The highest BCUT2D eigenvalue weighted by molar-refractivity contribution is 5.72. The maximum atomic E-state index is 5.94. The second kappa shape index (κ2) is 3.81. The van der Waals surface area contributed by atoms with Crippen LogP contribution in [0.5, 0.6) is 0 Å². The van der Waals surface area contributed by atoms with E-state index < -0.39 is 0 Å². The van der Waals surface area contributed by atoms with Gasteiger partial charge in [-0.15, -0.1) is 20.4 Å². The molecule has 0 unspecified atom stereocenters. The van der Waals surface area contributed by atoms with E-state index in [9.17, 15) is 0 Å². The zero-order chi connectivity index (χ0) is 17.1. The van der Waals surface area contributed by atoms with Gasteiger partial charge in [-0.3, -0.25) is 0 Å². The first-order valence-corrected chi connectivity index (χ1v) is 8.55. The van der Waals surface area contributed by atoms with Gasteiger partial charge in [-0.1, -0.05) is 33.8 Å². The highest BCUT2D eigenvalue weighted by atomic mass is 16.4. The number of allylic oxidation sites excluding steroid dienone is 2. The molecule has 6 nitrogen and oxygen atoms in total. The molecule has 3 aliphatic rings. The Morgan fingerprint density at radius 1 is 0.917 bits per heavy atom. The second-order valence-electron chi connectivity index (χ2n) is 8.72. The Balaban J connectivity index is 1.69. The lowest BCUT2D eigenvalue weighted by Gasteiger charge is -2.19. The Hall–Kier alpha value is -1.98. The molecule has 0 aliphatic heterocycles. The lowest BCUT2D eigenvalue weighted by Crippen LogP contribution is -2.23. The Kier molecular flexibility index (Phi) is 2.28. The van der Waals surface area contributed by atoms with Gasteiger partial charge in [-0.2, -0.15) is 0 Å². The zero-order valence-electron chi connectivity index (χ0n) is 14.9. The summed E-state index contributed by atoms with van der Waals surface area (Å²) in [6.45, 7) is 12.9. The van der Waals surface area contributed by atoms with Crippen molar-refractivity contribution >= 4 is 5.57 Å². The fourth-order valence-electron chi connectivity index (χ4n) is 5.75. The molecule has 0 aromatic carbocycles. The summed E-state index contributed by atoms with van der Waals surface area (Å²) >= 11 is 0. The maximum absolute atomic E-state index is 5.94. The molecule has 2 aromatic heterocycles. The van der Waals surface area contributed by atoms with Crippen molar-refractivity contribution in [3.63, 3.8) is 0 Å². The molecule has 0 N–H and O–H groups in total. The van der Waals surface area contributed by atoms with Crippen molar-refractivity contribution in [1.82, 2.24) is 20.4 Å². The van der Waals surface area contributed by atoms with Crippen LogP contribution in [0.25, 0.3) is 5.57 Å². The minimum absolute atomic E-state index is 0.0685. The number of nitrogens with zero attached hydrogens (tertiary/aromatic N) is 4. The van der Waals surface area contributed by atoms with Crippen LogP contribution in [0.1, 0.15) is 51.3 Å². The van der Waals surface area contributed by atoms with Crippen molar-refractivity contribution in [2.24, 2.45) is 28.6 Å². The average molecular weight is 326 g/mol. The predicted octanol–water partition coefficient (Wildman–Crippen LogP) is 3.33. The molecule has 2 aromatic rings. The SMILES string of the molecule is Cc1nnc(C2=C[C@@H]3C(C)(C)[C@@]3(c3nnc(C)o3)[C@H]3[C@@H]2C3(C)C)o1. The van der Waals surface area contributed by atoms with Gasteiger partial charge in [-0.25, -0.2) is 0 Å². The van der Waals surface area contributed by atoms with Crippen LogP contribution in [-0.4, -0.2) is 20.4 Å². The van der Waals surface area contributed by atoms with Gasteiger partial charge in [0.1, 0.15) is 0 Å². The Morgan fingerprint density at radius 3 is 2.17 bits per heavy atom. The van der Waals surface area contributed by atoms with Gasteiger partial charge in [0, 0.05) is 19.4 Å². The molecule has 0 spiro atoms. The molecule has 3 aliphatic carbocycles. The van der Waals surface area contributed by atoms with Crippen molar-refractivity contribution in [2.45, 2.75) is 47.0 Å². The second-order valence-corrected chi connectivity index (χ2v) is 8.72. The van der Waals surface area contributed by atoms with Crippen molar-refractivity contribution in [1.29, 1.82) is 0 Å². The van der Waals surface area contributed by atoms with Crippen molar-refractivity contribution in [3.05, 3.63) is 29.6 Å². The van der Waals surface area contributed by atoms with E-state index in [1.54, 1.807) is 0 Å². The molecule has 0 saturated heterocycles. The van der Waals surface area contributed by atoms with E-state index in [1.165, 1.54) is 5.57 Å². The Bertz CT molecular complexity index is 890. The first-order chi connectivity index (χ1) is 11.2. The summed E-state index contributed by atoms with van der Waals surface area (Å²) in [4.78, 5) is 0. The quantitative estimate of drug-likeness (QED) is 0.842. The van der Waals surface area contributed by atoms with Crippen LogP contribution in [0.3, 0.4) is 0 Å². The highest BCUT2D eigenvalue weighted by Crippen LogP contribution is 2.87. The van der Waals surface area contributed by atoms with E-state index in [0.717, 1.165) is 5.89 Å². The van der Waals surface area contributed by atoms with Gasteiger partial charge in [0.05, 0.1) is 5.41 Å². The lowest BCUT2D eigenvalue weighted by atomic mass is 9.84. The summed E-state index contributed by atoms with van der Waals surface area (Å²) in [5.74, 6) is 3.92. The number of fused-ring (bicyclic) bond motifs is 3. The van der Waals surface area contributed by atoms with Gasteiger partial charge in [0.15, 0.2) is 0 Å². The normalized spacial score (nSPS) is 37.4. The molecule has 6 heteroatoms. The molecule has 2 heterocycles. The van der Waals surface area contributed by atoms with Crippen LogP contribution in [0.15, 0.2) is 14.9 Å². The first kappa shape index (κ1) is 14.4. The number of aryl methyl sites for hydroxylation is 2. The van der Waals surface area contributed by atoms with E-state index >= 15 is 0 Å². The van der Waals surface area contributed by atoms with E-state index in [2.05, 4.69) is 54.2 Å². The molecule has 126 valence electrons. The van der Waals surface area contributed by atoms with E-state index in [-0.39, 0.29) is 16.2 Å². The number of aromatic nitrogens is 4. The predicted molar refractivity (Wildman–Crippen MR) is 85.8 cm³/mol. The molecule has 0 bridgehead atoms. The lowest BCUT2D eigenvalue weighted by molar-refractivity contribution is 0.307. The molecule has 0 radical (unpaired) electrons. The topological polar surface area (TPSA) is 77.8 Å². The van der Waals surface area contributed by atoms with Gasteiger partial charge in [-0.05, 0) is 28.6 Å². The fourth-order valence-corrected chi connectivity index (χ4v) is 5.75. The summed E-state index contributed by atoms with van der Waals surface area (Å²) in [6, 6.07) is 0. The van der Waals surface area contributed by atoms with Crippen molar-refractivity contribution < 1.29 is 8.83 Å². The van der Waals surface area contributed by atoms with Crippen LogP contribution in [0.4, 0.5) is 0 Å². The minimum atomic E-state index is -0.0685. The van der Waals surface area contributed by atoms with E-state index in [0.29, 0.717) is 35.4 Å². The molecule has 4 atom stereocenters. The van der Waals surface area contributed by atoms with Crippen LogP contribution < -0.4 is 0 Å². The average Bonchev–Trinajstić information content (AvgIpc) is 3.00. The summed E-state index contributed by atoms with van der Waals surface area (Å²) < 4.78 is 11.7. The van der Waals surface area contributed by atoms with E-state index in [4.69, 9.17) is 8.83 Å². The van der Waals surface area contributed by atoms with Gasteiger partial charge in [0.2, 0.25) is 23.6 Å². The standard InChI is InChI=1S/C18H22N4O2/c1-8-19-21-14(23-8)10-7-11-17(5,6)18(11,13-12(10)16(13,3)4)15-22-20-9(2)24-15/h7,11-13H,1-6H3/t11-,12-,13+,18-/m1/s1. The minimum Gasteiger partial charge on any atom is -0.425 e. The van der Waals surface area contributed by atoms with Crippen LogP contribution in [0, 0.1) is 42.4 Å². The first-order valence-electron chi connectivity index (χ1n) is 8.55. The molecular formula is C18H22N4O2. The number of rotatable bonds is 2. The van der Waals surface area contributed by atoms with Gasteiger partial charge < -0.3 is 8.83 Å². The van der Waals surface area contributed by atoms with Gasteiger partial charge in [0.25, 0.3) is 0 Å². The molecule has 2 fully saturated rings. The van der Waals surface area contributed by atoms with Crippen LogP contribution in [-0.2, 0) is 5.41 Å². The Labute approximate surface area is 140 Å². The summed E-state index contributed by atoms with van der Waals surface area (Å²) in [5, 5.41) is 16.8. The number of hydrogen-bond acceptors (Lipinski definition) is 6. The molecule has 5 rings (SSSR count). The summed E-state index contributed by atoms with van der Waals surface area (Å²) in [6.07, 6.45) is 2.34.